The van der Waals surface area contributed by atoms with Gasteiger partial charge >= 0.3 is 6.09 Å². The molecule has 3 aromatic rings. The number of hydrogen-bond acceptors (Lipinski definition) is 4. The van der Waals surface area contributed by atoms with Crippen molar-refractivity contribution in [3.63, 3.8) is 0 Å². The summed E-state index contributed by atoms with van der Waals surface area (Å²) in [5.41, 5.74) is 5.27. The third kappa shape index (κ3) is 5.45. The molecule has 2 aromatic carbocycles. The Morgan fingerprint density at radius 3 is 2.47 bits per heavy atom. The van der Waals surface area contributed by atoms with Gasteiger partial charge in [-0.15, -0.1) is 0 Å². The molecular formula is C28H30N2O4. The minimum Gasteiger partial charge on any atom is -0.481 e. The number of carbonyl (C=O) groups is 2. The van der Waals surface area contributed by atoms with Gasteiger partial charge in [-0.1, -0.05) is 54.6 Å². The molecule has 2 heterocycles. The minimum absolute atomic E-state index is 0.0415. The standard InChI is InChI=1S/C28H30N2O4/c1-34-27-13-11-23(18-29-27)26(25-5-3-2-4-24(25)19-31)12-8-20-6-9-21(10-7-20)22-14-16-30(17-15-22)28(32)33/h2-7,9-11,13,18-19,22,26H,8,12,14-17H2,1H3,(H,32,33). The maximum atomic E-state index is 11.7. The first-order valence-electron chi connectivity index (χ1n) is 11.7. The fourth-order valence-corrected chi connectivity index (χ4v) is 4.83. The van der Waals surface area contributed by atoms with Crippen molar-refractivity contribution in [1.82, 2.24) is 9.88 Å². The predicted molar refractivity (Wildman–Crippen MR) is 131 cm³/mol. The van der Waals surface area contributed by atoms with Crippen LogP contribution in [0.1, 0.15) is 63.7 Å². The lowest BCUT2D eigenvalue weighted by Gasteiger charge is -2.30. The number of hydrogen-bond donors (Lipinski definition) is 1. The van der Waals surface area contributed by atoms with Crippen LogP contribution in [-0.4, -0.2) is 47.6 Å². The van der Waals surface area contributed by atoms with E-state index in [9.17, 15) is 9.59 Å². The van der Waals surface area contributed by atoms with Crippen LogP contribution in [0.15, 0.2) is 66.9 Å². The van der Waals surface area contributed by atoms with E-state index in [0.29, 0.717) is 30.5 Å². The lowest BCUT2D eigenvalue weighted by atomic mass is 9.84. The molecule has 1 fully saturated rings. The van der Waals surface area contributed by atoms with Crippen molar-refractivity contribution in [2.24, 2.45) is 0 Å². The van der Waals surface area contributed by atoms with Crippen LogP contribution in [0.2, 0.25) is 0 Å². The van der Waals surface area contributed by atoms with Crippen molar-refractivity contribution in [1.29, 1.82) is 0 Å². The molecule has 1 aromatic heterocycles. The van der Waals surface area contributed by atoms with E-state index in [1.807, 2.05) is 42.6 Å². The van der Waals surface area contributed by atoms with Crippen LogP contribution >= 0.6 is 0 Å². The molecule has 176 valence electrons. The molecule has 0 bridgehead atoms. The first kappa shape index (κ1) is 23.5. The normalized spacial score (nSPS) is 15.0. The minimum atomic E-state index is -0.827. The third-order valence-electron chi connectivity index (χ3n) is 6.81. The number of ether oxygens (including phenoxy) is 1. The number of pyridine rings is 1. The van der Waals surface area contributed by atoms with Gasteiger partial charge in [0, 0.05) is 36.8 Å². The molecule has 4 rings (SSSR count). The molecule has 0 aliphatic carbocycles. The number of amides is 1. The number of carbonyl (C=O) groups excluding carboxylic acids is 1. The fraction of sp³-hybridized carbons (Fsp3) is 0.321. The monoisotopic (exact) mass is 458 g/mol. The third-order valence-corrected chi connectivity index (χ3v) is 6.81. The number of benzene rings is 2. The average Bonchev–Trinajstić information content (AvgIpc) is 2.90. The molecule has 1 amide bonds. The maximum absolute atomic E-state index is 11.7. The van der Waals surface area contributed by atoms with Crippen molar-refractivity contribution >= 4 is 12.4 Å². The Labute approximate surface area is 200 Å². The highest BCUT2D eigenvalue weighted by atomic mass is 16.5. The highest BCUT2D eigenvalue weighted by Gasteiger charge is 2.23. The summed E-state index contributed by atoms with van der Waals surface area (Å²) < 4.78 is 5.21. The largest absolute Gasteiger partial charge is 0.481 e. The molecule has 1 saturated heterocycles. The van der Waals surface area contributed by atoms with Crippen molar-refractivity contribution in [2.75, 3.05) is 20.2 Å². The van der Waals surface area contributed by atoms with Gasteiger partial charge in [0.1, 0.15) is 6.29 Å². The van der Waals surface area contributed by atoms with E-state index in [1.54, 1.807) is 7.11 Å². The Bertz CT molecular complexity index is 1100. The number of rotatable bonds is 8. The molecule has 0 spiro atoms. The Balaban J connectivity index is 1.48. The molecule has 34 heavy (non-hydrogen) atoms. The van der Waals surface area contributed by atoms with Gasteiger partial charge in [-0.05, 0) is 53.9 Å². The molecule has 0 radical (unpaired) electrons. The summed E-state index contributed by atoms with van der Waals surface area (Å²) in [7, 11) is 1.60. The van der Waals surface area contributed by atoms with E-state index >= 15 is 0 Å². The van der Waals surface area contributed by atoms with Gasteiger partial charge in [-0.3, -0.25) is 4.79 Å². The Morgan fingerprint density at radius 1 is 1.12 bits per heavy atom. The Morgan fingerprint density at radius 2 is 1.85 bits per heavy atom. The van der Waals surface area contributed by atoms with Crippen molar-refractivity contribution in [2.45, 2.75) is 37.5 Å². The van der Waals surface area contributed by atoms with Crippen LogP contribution in [0.3, 0.4) is 0 Å². The second-order valence-electron chi connectivity index (χ2n) is 8.76. The van der Waals surface area contributed by atoms with Gasteiger partial charge in [0.2, 0.25) is 5.88 Å². The molecule has 1 aliphatic rings. The first-order valence-corrected chi connectivity index (χ1v) is 11.7. The van der Waals surface area contributed by atoms with E-state index in [1.165, 1.54) is 16.0 Å². The summed E-state index contributed by atoms with van der Waals surface area (Å²) in [5.74, 6) is 1.01. The number of methoxy groups -OCH3 is 1. The van der Waals surface area contributed by atoms with Crippen LogP contribution in [0.5, 0.6) is 5.88 Å². The number of aryl methyl sites for hydroxylation is 1. The number of carboxylic acid groups (broad SMARTS) is 1. The molecular weight excluding hydrogens is 428 g/mol. The van der Waals surface area contributed by atoms with Gasteiger partial charge in [0.25, 0.3) is 0 Å². The lowest BCUT2D eigenvalue weighted by Crippen LogP contribution is -2.36. The second-order valence-corrected chi connectivity index (χ2v) is 8.76. The van der Waals surface area contributed by atoms with E-state index in [2.05, 4.69) is 29.2 Å². The fourth-order valence-electron chi connectivity index (χ4n) is 4.83. The van der Waals surface area contributed by atoms with E-state index in [4.69, 9.17) is 9.84 Å². The topological polar surface area (TPSA) is 79.7 Å². The van der Waals surface area contributed by atoms with E-state index < -0.39 is 6.09 Å². The number of aromatic nitrogens is 1. The number of aldehydes is 1. The summed E-state index contributed by atoms with van der Waals surface area (Å²) in [6.07, 6.45) is 5.35. The predicted octanol–water partition coefficient (Wildman–Crippen LogP) is 5.52. The van der Waals surface area contributed by atoms with Gasteiger partial charge in [0.05, 0.1) is 7.11 Å². The van der Waals surface area contributed by atoms with Crippen LogP contribution in [-0.2, 0) is 6.42 Å². The summed E-state index contributed by atoms with van der Waals surface area (Å²) in [5, 5.41) is 9.16. The summed E-state index contributed by atoms with van der Waals surface area (Å²) >= 11 is 0. The first-order chi connectivity index (χ1) is 16.6. The van der Waals surface area contributed by atoms with Crippen molar-refractivity contribution in [3.8, 4) is 5.88 Å². The van der Waals surface area contributed by atoms with Gasteiger partial charge in [0.15, 0.2) is 0 Å². The van der Waals surface area contributed by atoms with Gasteiger partial charge in [-0.25, -0.2) is 9.78 Å². The molecule has 1 aliphatic heterocycles. The summed E-state index contributed by atoms with van der Waals surface area (Å²) in [6.45, 7) is 1.19. The number of nitrogens with zero attached hydrogens (tertiary/aromatic N) is 2. The quantitative estimate of drug-likeness (QED) is 0.449. The van der Waals surface area contributed by atoms with Gasteiger partial charge in [-0.2, -0.15) is 0 Å². The SMILES string of the molecule is COc1ccc(C(CCc2ccc(C3CCN(C(=O)O)CC3)cc2)c2ccccc2C=O)cn1. The van der Waals surface area contributed by atoms with E-state index in [-0.39, 0.29) is 5.92 Å². The summed E-state index contributed by atoms with van der Waals surface area (Å²) in [4.78, 5) is 28.7. The molecule has 6 nitrogen and oxygen atoms in total. The zero-order chi connectivity index (χ0) is 23.9. The lowest BCUT2D eigenvalue weighted by molar-refractivity contribution is 0.112. The smallest absolute Gasteiger partial charge is 0.407 e. The highest BCUT2D eigenvalue weighted by molar-refractivity contribution is 5.78. The van der Waals surface area contributed by atoms with Crippen molar-refractivity contribution in [3.05, 3.63) is 94.7 Å². The maximum Gasteiger partial charge on any atom is 0.407 e. The van der Waals surface area contributed by atoms with Crippen LogP contribution in [0.25, 0.3) is 0 Å². The van der Waals surface area contributed by atoms with Crippen LogP contribution in [0, 0.1) is 0 Å². The molecule has 0 saturated carbocycles. The van der Waals surface area contributed by atoms with Crippen molar-refractivity contribution < 1.29 is 19.4 Å². The number of piperidine rings is 1. The van der Waals surface area contributed by atoms with Crippen LogP contribution in [0.4, 0.5) is 4.79 Å². The number of likely N-dealkylation sites (tertiary alicyclic amines) is 1. The van der Waals surface area contributed by atoms with Gasteiger partial charge < -0.3 is 14.7 Å². The zero-order valence-corrected chi connectivity index (χ0v) is 19.4. The highest BCUT2D eigenvalue weighted by Crippen LogP contribution is 2.33. The van der Waals surface area contributed by atoms with Crippen LogP contribution < -0.4 is 4.74 Å². The second kappa shape index (κ2) is 11.0. The molecule has 1 unspecified atom stereocenters. The molecule has 1 N–H and O–H groups in total. The van der Waals surface area contributed by atoms with E-state index in [0.717, 1.165) is 43.1 Å². The molecule has 6 heteroatoms. The zero-order valence-electron chi connectivity index (χ0n) is 19.4. The molecule has 1 atom stereocenters. The average molecular weight is 459 g/mol. The summed E-state index contributed by atoms with van der Waals surface area (Å²) in [6, 6.07) is 20.3. The Kier molecular flexibility index (Phi) is 7.58. The Hall–Kier alpha value is -3.67.